The van der Waals surface area contributed by atoms with Gasteiger partial charge in [-0.05, 0) is 81.8 Å². The molecule has 0 atom stereocenters. The number of halogens is 4. The van der Waals surface area contributed by atoms with Gasteiger partial charge in [0, 0.05) is 12.0 Å². The van der Waals surface area contributed by atoms with Crippen molar-refractivity contribution in [1.29, 1.82) is 0 Å². The second-order valence-corrected chi connectivity index (χ2v) is 9.29. The number of alkyl halides is 2. The summed E-state index contributed by atoms with van der Waals surface area (Å²) in [6.07, 6.45) is 9.20. The second-order valence-electron chi connectivity index (χ2n) is 9.29. The van der Waals surface area contributed by atoms with E-state index in [2.05, 4.69) is 0 Å². The van der Waals surface area contributed by atoms with Gasteiger partial charge in [0.2, 0.25) is 11.7 Å². The molecule has 1 aromatic carbocycles. The van der Waals surface area contributed by atoms with Gasteiger partial charge in [-0.1, -0.05) is 12.8 Å². The van der Waals surface area contributed by atoms with E-state index in [-0.39, 0.29) is 30.4 Å². The summed E-state index contributed by atoms with van der Waals surface area (Å²) >= 11 is 0. The fraction of sp³-hybridized carbons (Fsp3) is 0.750. The molecule has 2 aliphatic carbocycles. The highest BCUT2D eigenvalue weighted by Crippen LogP contribution is 2.42. The lowest BCUT2D eigenvalue weighted by molar-refractivity contribution is -0.00696. The number of ether oxygens (including phenoxy) is 2. The Morgan fingerprint density at radius 2 is 1.50 bits per heavy atom. The molecule has 0 bridgehead atoms. The third-order valence-corrected chi connectivity index (χ3v) is 7.09. The van der Waals surface area contributed by atoms with Crippen LogP contribution in [0.2, 0.25) is 0 Å². The van der Waals surface area contributed by atoms with Crippen molar-refractivity contribution < 1.29 is 27.0 Å². The van der Waals surface area contributed by atoms with Crippen molar-refractivity contribution in [3.63, 3.8) is 0 Å². The average Bonchev–Trinajstić information content (AvgIpc) is 2.74. The molecule has 2 nitrogen and oxygen atoms in total. The van der Waals surface area contributed by atoms with E-state index in [9.17, 15) is 17.6 Å². The van der Waals surface area contributed by atoms with Crippen molar-refractivity contribution in [2.24, 2.45) is 17.8 Å². The van der Waals surface area contributed by atoms with E-state index in [1.807, 2.05) is 0 Å². The first-order valence-electron chi connectivity index (χ1n) is 11.3. The molecule has 0 saturated heterocycles. The number of benzene rings is 1. The molecule has 0 aromatic heterocycles. The first kappa shape index (κ1) is 23.4. The summed E-state index contributed by atoms with van der Waals surface area (Å²) in [7, 11) is 1.31. The minimum Gasteiger partial charge on any atom is -0.494 e. The Morgan fingerprint density at radius 3 is 2.07 bits per heavy atom. The molecule has 0 radical (unpaired) electrons. The average molecular weight is 431 g/mol. The summed E-state index contributed by atoms with van der Waals surface area (Å²) in [4.78, 5) is 0. The summed E-state index contributed by atoms with van der Waals surface area (Å²) in [6.45, 7) is 1.08. The van der Waals surface area contributed by atoms with Crippen molar-refractivity contribution in [3.8, 4) is 5.75 Å². The Labute approximate surface area is 177 Å². The van der Waals surface area contributed by atoms with Crippen LogP contribution in [0.4, 0.5) is 17.6 Å². The highest BCUT2D eigenvalue weighted by atomic mass is 19.3. The molecule has 0 unspecified atom stereocenters. The lowest BCUT2D eigenvalue weighted by Crippen LogP contribution is -2.29. The third kappa shape index (κ3) is 6.35. The van der Waals surface area contributed by atoms with Crippen molar-refractivity contribution in [2.75, 3.05) is 7.11 Å². The van der Waals surface area contributed by atoms with E-state index < -0.39 is 17.6 Å². The lowest BCUT2D eigenvalue weighted by atomic mass is 9.70. The maximum Gasteiger partial charge on any atom is 0.245 e. The van der Waals surface area contributed by atoms with Gasteiger partial charge in [0.15, 0.2) is 11.6 Å². The molecule has 0 N–H and O–H groups in total. The van der Waals surface area contributed by atoms with Gasteiger partial charge in [-0.15, -0.1) is 0 Å². The number of rotatable bonds is 8. The van der Waals surface area contributed by atoms with E-state index in [1.165, 1.54) is 19.2 Å². The molecule has 2 saturated carbocycles. The zero-order valence-electron chi connectivity index (χ0n) is 18.1. The molecule has 0 amide bonds. The van der Waals surface area contributed by atoms with Gasteiger partial charge >= 0.3 is 0 Å². The zero-order chi connectivity index (χ0) is 21.7. The summed E-state index contributed by atoms with van der Waals surface area (Å²) < 4.78 is 64.7. The van der Waals surface area contributed by atoms with Crippen LogP contribution in [0.1, 0.15) is 76.7 Å². The van der Waals surface area contributed by atoms with Crippen LogP contribution in [-0.2, 0) is 11.3 Å². The van der Waals surface area contributed by atoms with Crippen LogP contribution < -0.4 is 4.74 Å². The summed E-state index contributed by atoms with van der Waals surface area (Å²) in [5.74, 6) is -2.70. The molecular weight excluding hydrogens is 396 g/mol. The standard InChI is InChI=1S/C24H34F4O2/c1-24(27,28)14-13-16-3-5-17(6-4-16)18-7-10-20(11-8-18)30-15-19-9-12-21(29-2)23(26)22(19)25/h9,12,16-18,20H,3-8,10-11,13-15H2,1-2H3. The van der Waals surface area contributed by atoms with Crippen molar-refractivity contribution in [1.82, 2.24) is 0 Å². The van der Waals surface area contributed by atoms with Gasteiger partial charge in [-0.2, -0.15) is 4.39 Å². The normalized spacial score (nSPS) is 27.8. The Hall–Kier alpha value is -1.30. The molecule has 0 heterocycles. The van der Waals surface area contributed by atoms with E-state index >= 15 is 0 Å². The fourth-order valence-corrected chi connectivity index (χ4v) is 5.18. The number of hydrogen-bond acceptors (Lipinski definition) is 2. The van der Waals surface area contributed by atoms with Crippen LogP contribution in [0.5, 0.6) is 5.75 Å². The molecule has 1 aromatic rings. The summed E-state index contributed by atoms with van der Waals surface area (Å²) in [6, 6.07) is 2.93. The monoisotopic (exact) mass is 430 g/mol. The molecule has 170 valence electrons. The minimum atomic E-state index is -2.55. The fourth-order valence-electron chi connectivity index (χ4n) is 5.18. The molecular formula is C24H34F4O2. The Bertz CT molecular complexity index is 673. The Kier molecular flexibility index (Phi) is 8.05. The van der Waals surface area contributed by atoms with Crippen LogP contribution in [0.3, 0.4) is 0 Å². The predicted molar refractivity (Wildman–Crippen MR) is 109 cm³/mol. The second kappa shape index (κ2) is 10.3. The minimum absolute atomic E-state index is 0.00344. The molecule has 30 heavy (non-hydrogen) atoms. The maximum atomic E-state index is 14.1. The summed E-state index contributed by atoms with van der Waals surface area (Å²) in [5.41, 5.74) is 0.214. The number of hydrogen-bond donors (Lipinski definition) is 0. The van der Waals surface area contributed by atoms with Crippen molar-refractivity contribution >= 4 is 0 Å². The Balaban J connectivity index is 1.38. The zero-order valence-corrected chi connectivity index (χ0v) is 18.1. The van der Waals surface area contributed by atoms with Gasteiger partial charge in [-0.3, -0.25) is 0 Å². The van der Waals surface area contributed by atoms with E-state index in [0.29, 0.717) is 24.2 Å². The highest BCUT2D eigenvalue weighted by molar-refractivity contribution is 5.30. The van der Waals surface area contributed by atoms with Crippen LogP contribution in [0.25, 0.3) is 0 Å². The van der Waals surface area contributed by atoms with Crippen molar-refractivity contribution in [2.45, 2.75) is 89.8 Å². The summed E-state index contributed by atoms with van der Waals surface area (Å²) in [5, 5.41) is 0. The lowest BCUT2D eigenvalue weighted by Gasteiger charge is -2.38. The van der Waals surface area contributed by atoms with Gasteiger partial charge < -0.3 is 9.47 Å². The number of methoxy groups -OCH3 is 1. The highest BCUT2D eigenvalue weighted by Gasteiger charge is 2.32. The van der Waals surface area contributed by atoms with Crippen LogP contribution in [0, 0.1) is 29.4 Å². The molecule has 3 rings (SSSR count). The topological polar surface area (TPSA) is 18.5 Å². The first-order valence-corrected chi connectivity index (χ1v) is 11.3. The van der Waals surface area contributed by atoms with E-state index in [0.717, 1.165) is 58.3 Å². The SMILES string of the molecule is COc1ccc(COC2CCC(C3CCC(CCC(C)(F)F)CC3)CC2)c(F)c1F. The van der Waals surface area contributed by atoms with Crippen molar-refractivity contribution in [3.05, 3.63) is 29.3 Å². The van der Waals surface area contributed by atoms with Crippen LogP contribution >= 0.6 is 0 Å². The third-order valence-electron chi connectivity index (χ3n) is 7.09. The van der Waals surface area contributed by atoms with Gasteiger partial charge in [0.1, 0.15) is 0 Å². The van der Waals surface area contributed by atoms with E-state index in [4.69, 9.17) is 9.47 Å². The van der Waals surface area contributed by atoms with E-state index in [1.54, 1.807) is 0 Å². The largest absolute Gasteiger partial charge is 0.494 e. The molecule has 0 spiro atoms. The first-order chi connectivity index (χ1) is 14.3. The predicted octanol–water partition coefficient (Wildman–Crippen LogP) is 7.29. The molecule has 2 aliphatic rings. The molecule has 2 fully saturated rings. The van der Waals surface area contributed by atoms with Gasteiger partial charge in [0.05, 0.1) is 19.8 Å². The quantitative estimate of drug-likeness (QED) is 0.403. The Morgan fingerprint density at radius 1 is 0.900 bits per heavy atom. The van der Waals surface area contributed by atoms with Crippen LogP contribution in [0.15, 0.2) is 12.1 Å². The molecule has 0 aliphatic heterocycles. The smallest absolute Gasteiger partial charge is 0.245 e. The molecule has 6 heteroatoms. The van der Waals surface area contributed by atoms with Gasteiger partial charge in [-0.25, -0.2) is 13.2 Å². The van der Waals surface area contributed by atoms with Crippen LogP contribution in [-0.4, -0.2) is 19.1 Å². The van der Waals surface area contributed by atoms with Gasteiger partial charge in [0.25, 0.3) is 0 Å². The maximum absolute atomic E-state index is 14.1.